The van der Waals surface area contributed by atoms with Gasteiger partial charge in [0.1, 0.15) is 0 Å². The number of nitrogens with zero attached hydrogens (tertiary/aromatic N) is 6. The Hall–Kier alpha value is -0.392. The zero-order chi connectivity index (χ0) is 35.3. The van der Waals surface area contributed by atoms with E-state index in [0.29, 0.717) is 0 Å². The van der Waals surface area contributed by atoms with Crippen molar-refractivity contribution in [3.05, 3.63) is 58.0 Å². The van der Waals surface area contributed by atoms with Crippen LogP contribution in [0, 0.1) is 73.4 Å². The smallest absolute Gasteiger partial charge is 0.400 e. The topological polar surface area (TPSA) is 62.7 Å². The molecule has 0 aliphatic heterocycles. The summed E-state index contributed by atoms with van der Waals surface area (Å²) in [5.41, 5.74) is 9.23. The van der Waals surface area contributed by atoms with E-state index in [-0.39, 0.29) is 63.2 Å². The van der Waals surface area contributed by atoms with Crippen molar-refractivity contribution in [2.24, 2.45) is 0 Å². The second kappa shape index (κ2) is 17.5. The van der Waals surface area contributed by atoms with E-state index in [1.807, 2.05) is 13.8 Å². The Kier molecular flexibility index (Phi) is 17.4. The van der Waals surface area contributed by atoms with Gasteiger partial charge in [-0.25, -0.2) is 15.3 Å². The molecule has 0 N–H and O–H groups in total. The average Bonchev–Trinajstić information content (AvgIpc) is 3.51. The molecule has 0 radical (unpaired) electrons. The van der Waals surface area contributed by atoms with Crippen molar-refractivity contribution in [2.75, 3.05) is 13.2 Å². The minimum absolute atomic E-state index is 0. The Morgan fingerprint density at radius 1 is 0.587 bits per heavy atom. The van der Waals surface area contributed by atoms with Gasteiger partial charge in [-0.2, -0.15) is 0 Å². The van der Waals surface area contributed by atoms with Crippen molar-refractivity contribution >= 4 is 23.3 Å². The molecular formula is C35H69BN6OSi2Yb. The Bertz CT molecular complexity index is 1190. The van der Waals surface area contributed by atoms with Gasteiger partial charge < -0.3 is 24.2 Å². The summed E-state index contributed by atoms with van der Waals surface area (Å²) in [4.78, 5) is 0. The van der Waals surface area contributed by atoms with E-state index < -0.39 is 23.3 Å². The van der Waals surface area contributed by atoms with Gasteiger partial charge in [0.05, 0.1) is 17.1 Å². The minimum Gasteiger partial charge on any atom is -0.400 e. The number of ether oxygens (including phenoxy) is 1. The largest absolute Gasteiger partial charge is 2.00 e. The fraction of sp³-hybridized carbons (Fsp3) is 0.714. The molecule has 0 fully saturated rings. The van der Waals surface area contributed by atoms with E-state index in [4.69, 9.17) is 20.0 Å². The molecule has 0 bridgehead atoms. The van der Waals surface area contributed by atoms with Crippen LogP contribution in [-0.2, 0) is 21.0 Å². The van der Waals surface area contributed by atoms with Crippen LogP contribution in [0.1, 0.15) is 110 Å². The van der Waals surface area contributed by atoms with Crippen molar-refractivity contribution in [1.82, 2.24) is 29.1 Å². The molecule has 0 saturated heterocycles. The maximum atomic E-state index is 5.09. The van der Waals surface area contributed by atoms with Crippen molar-refractivity contribution in [2.45, 2.75) is 152 Å². The van der Waals surface area contributed by atoms with Gasteiger partial charge >= 0.3 is 54.0 Å². The van der Waals surface area contributed by atoms with Crippen LogP contribution < -0.4 is 0 Å². The fourth-order valence-electron chi connectivity index (χ4n) is 5.37. The molecule has 0 aromatic carbocycles. The first kappa shape index (κ1) is 45.6. The van der Waals surface area contributed by atoms with E-state index in [2.05, 4.69) is 160 Å². The number of hydrogen-bond acceptors (Lipinski definition) is 4. The predicted molar refractivity (Wildman–Crippen MR) is 203 cm³/mol. The molecule has 0 spiro atoms. The van der Waals surface area contributed by atoms with Gasteiger partial charge in [-0.05, 0) is 69.9 Å². The SMILES string of the molecule is CCOCC.C[Si](C)(C)[CH-][Si](C)(C)C.Cc1cc(C(C)(C)C)nn1[BH-](n1nc(C(C)(C)C)cc1C)n1nc(C(C)(C)C)cc1C.[Yb+2]. The molecular weight excluding hydrogens is 760 g/mol. The van der Waals surface area contributed by atoms with Gasteiger partial charge in [0.2, 0.25) is 0 Å². The van der Waals surface area contributed by atoms with Crippen LogP contribution in [0.25, 0.3) is 0 Å². The van der Waals surface area contributed by atoms with Crippen LogP contribution in [0.15, 0.2) is 18.2 Å². The van der Waals surface area contributed by atoms with Crippen molar-refractivity contribution < 1.29 is 51.7 Å². The monoisotopic (exact) mass is 830 g/mol. The molecule has 0 saturated carbocycles. The van der Waals surface area contributed by atoms with E-state index >= 15 is 0 Å². The van der Waals surface area contributed by atoms with Gasteiger partial charge in [-0.3, -0.25) is 0 Å². The van der Waals surface area contributed by atoms with E-state index in [0.717, 1.165) is 47.4 Å². The minimum atomic E-state index is -1.42. The number of aryl methyl sites for hydroxylation is 3. The van der Waals surface area contributed by atoms with Gasteiger partial charge in [-0.1, -0.05) is 102 Å². The van der Waals surface area contributed by atoms with Crippen LogP contribution >= 0.6 is 0 Å². The Balaban J connectivity index is 0.00000113. The third kappa shape index (κ3) is 14.6. The quantitative estimate of drug-likeness (QED) is 0.177. The van der Waals surface area contributed by atoms with Crippen LogP contribution in [0.4, 0.5) is 0 Å². The molecule has 0 aliphatic carbocycles. The normalized spacial score (nSPS) is 12.7. The summed E-state index contributed by atoms with van der Waals surface area (Å²) in [6.45, 7) is 46.4. The van der Waals surface area contributed by atoms with Crippen LogP contribution in [0.3, 0.4) is 0 Å². The summed E-state index contributed by atoms with van der Waals surface area (Å²) < 4.78 is 11.3. The summed E-state index contributed by atoms with van der Waals surface area (Å²) in [7, 11) is -3.13. The average molecular weight is 830 g/mol. The molecule has 46 heavy (non-hydrogen) atoms. The maximum Gasteiger partial charge on any atom is 2.00 e. The molecule has 0 amide bonds. The maximum absolute atomic E-state index is 5.09. The second-order valence-corrected chi connectivity index (χ2v) is 28.5. The molecule has 3 aromatic rings. The summed E-state index contributed by atoms with van der Waals surface area (Å²) in [6.07, 6.45) is 0. The van der Waals surface area contributed by atoms with Gasteiger partial charge in [0, 0.05) is 29.5 Å². The third-order valence-corrected chi connectivity index (χ3v) is 14.3. The fourth-order valence-corrected chi connectivity index (χ4v) is 15.8. The number of aromatic nitrogens is 6. The van der Waals surface area contributed by atoms with Crippen molar-refractivity contribution in [1.29, 1.82) is 0 Å². The number of rotatable bonds is 7. The summed E-state index contributed by atoms with van der Waals surface area (Å²) in [5, 5.41) is 15.3. The first-order valence-electron chi connectivity index (χ1n) is 16.9. The summed E-state index contributed by atoms with van der Waals surface area (Å²) >= 11 is 0. The van der Waals surface area contributed by atoms with Crippen molar-refractivity contribution in [3.63, 3.8) is 0 Å². The molecule has 11 heteroatoms. The van der Waals surface area contributed by atoms with Crippen LogP contribution in [0.5, 0.6) is 0 Å². The van der Waals surface area contributed by atoms with Gasteiger partial charge in [0.25, 0.3) is 0 Å². The second-order valence-electron chi connectivity index (χ2n) is 17.8. The van der Waals surface area contributed by atoms with Gasteiger partial charge in [0.15, 0.2) is 0 Å². The third-order valence-electron chi connectivity index (χ3n) is 7.33. The number of hydrogen-bond donors (Lipinski definition) is 0. The molecule has 0 unspecified atom stereocenters. The van der Waals surface area contributed by atoms with E-state index in [1.54, 1.807) is 0 Å². The van der Waals surface area contributed by atoms with E-state index in [1.165, 1.54) is 0 Å². The Morgan fingerprint density at radius 3 is 0.935 bits per heavy atom. The zero-order valence-electron chi connectivity index (χ0n) is 33.3. The van der Waals surface area contributed by atoms with Gasteiger partial charge in [-0.15, -0.1) is 16.1 Å². The summed E-state index contributed by atoms with van der Waals surface area (Å²) in [6, 6.07) is 6.60. The van der Waals surface area contributed by atoms with E-state index in [9.17, 15) is 0 Å². The Morgan fingerprint density at radius 2 is 0.826 bits per heavy atom. The predicted octanol–water partition coefficient (Wildman–Crippen LogP) is 8.74. The summed E-state index contributed by atoms with van der Waals surface area (Å²) in [5.74, 6) is 0. The molecule has 3 aromatic heterocycles. The molecule has 0 atom stereocenters. The zero-order valence-corrected chi connectivity index (χ0v) is 37.0. The van der Waals surface area contributed by atoms with Crippen molar-refractivity contribution in [3.8, 4) is 0 Å². The molecule has 7 nitrogen and oxygen atoms in total. The van der Waals surface area contributed by atoms with Crippen LogP contribution in [0.2, 0.25) is 39.3 Å². The first-order chi connectivity index (χ1) is 20.1. The standard InChI is InChI=1S/C24H40BN6.C7H19Si2.C4H10O.Yb/c1-16-13-19(22(4,5)6)26-29(16)25(30-17(2)14-20(27-30)23(7,8)9)31-18(3)15-21(28-31)24(10,11)12;1-8(2,3)7-9(4,5)6;1-3-5-4-2;/h13-15,25H,1-12H3;7H,1-6H3;3-4H2,1-2H3;/q2*-1;;+2. The molecule has 0 aliphatic rings. The first-order valence-corrected chi connectivity index (χ1v) is 24.1. The Labute approximate surface area is 324 Å². The molecule has 3 heterocycles. The molecule has 3 rings (SSSR count). The molecule has 270 valence electrons. The van der Waals surface area contributed by atoms with Crippen LogP contribution in [-0.4, -0.2) is 65.6 Å².